The first-order valence-corrected chi connectivity index (χ1v) is 13.5. The summed E-state index contributed by atoms with van der Waals surface area (Å²) in [5.41, 5.74) is 4.26. The number of rotatable bonds is 7. The van der Waals surface area contributed by atoms with Gasteiger partial charge in [-0.25, -0.2) is 4.98 Å². The number of hydrogen-bond acceptors (Lipinski definition) is 5. The predicted octanol–water partition coefficient (Wildman–Crippen LogP) is 8.22. The minimum Gasteiger partial charge on any atom is -0.497 e. The van der Waals surface area contributed by atoms with Crippen LogP contribution < -0.4 is 10.1 Å². The summed E-state index contributed by atoms with van der Waals surface area (Å²) in [5.74, 6) is 0.559. The third kappa shape index (κ3) is 5.75. The number of benzene rings is 4. The van der Waals surface area contributed by atoms with Gasteiger partial charge in [-0.1, -0.05) is 71.9 Å². The summed E-state index contributed by atoms with van der Waals surface area (Å²) in [6.07, 6.45) is 0. The van der Waals surface area contributed by atoms with E-state index < -0.39 is 5.25 Å². The van der Waals surface area contributed by atoms with Crippen LogP contribution in [0.15, 0.2) is 102 Å². The van der Waals surface area contributed by atoms with E-state index in [1.165, 1.54) is 11.8 Å². The molecule has 0 aliphatic carbocycles. The van der Waals surface area contributed by atoms with E-state index in [-0.39, 0.29) is 5.91 Å². The van der Waals surface area contributed by atoms with Crippen molar-refractivity contribution >= 4 is 45.7 Å². The number of thioether (sulfide) groups is 1. The fourth-order valence-electron chi connectivity index (χ4n) is 4.27. The zero-order valence-electron chi connectivity index (χ0n) is 21.3. The fourth-order valence-corrected chi connectivity index (χ4v) is 5.32. The molecule has 4 aromatic carbocycles. The Morgan fingerprint density at radius 3 is 2.38 bits per heavy atom. The van der Waals surface area contributed by atoms with Crippen LogP contribution in [0.2, 0.25) is 5.02 Å². The predicted molar refractivity (Wildman–Crippen MR) is 159 cm³/mol. The van der Waals surface area contributed by atoms with Gasteiger partial charge in [0.1, 0.15) is 16.8 Å². The number of anilines is 1. The van der Waals surface area contributed by atoms with Gasteiger partial charge in [-0.3, -0.25) is 4.79 Å². The van der Waals surface area contributed by atoms with Crippen molar-refractivity contribution in [1.29, 1.82) is 5.26 Å². The van der Waals surface area contributed by atoms with Crippen LogP contribution in [0, 0.1) is 11.3 Å². The standard InChI is InChI=1S/C32H24ClN3O2S/c1-20(31(37)35-29-9-5-7-21-6-3-4-8-26(21)29)39-32-28(19-34)27(22-10-14-24(33)15-11-22)18-30(36-32)23-12-16-25(38-2)17-13-23/h3-18,20H,1-2H3,(H,35,37)/t20-/m0/s1. The number of carbonyl (C=O) groups is 1. The van der Waals surface area contributed by atoms with Crippen molar-refractivity contribution in [2.45, 2.75) is 17.2 Å². The summed E-state index contributed by atoms with van der Waals surface area (Å²) in [6.45, 7) is 1.82. The van der Waals surface area contributed by atoms with E-state index in [0.717, 1.165) is 38.9 Å². The summed E-state index contributed by atoms with van der Waals surface area (Å²) in [5, 5.41) is 15.8. The van der Waals surface area contributed by atoms with Gasteiger partial charge in [0.15, 0.2) is 0 Å². The topological polar surface area (TPSA) is 75.0 Å². The molecule has 0 spiro atoms. The van der Waals surface area contributed by atoms with Crippen molar-refractivity contribution in [2.75, 3.05) is 12.4 Å². The Morgan fingerprint density at radius 1 is 0.974 bits per heavy atom. The van der Waals surface area contributed by atoms with E-state index in [2.05, 4.69) is 11.4 Å². The van der Waals surface area contributed by atoms with Crippen LogP contribution >= 0.6 is 23.4 Å². The van der Waals surface area contributed by atoms with Gasteiger partial charge >= 0.3 is 0 Å². The lowest BCUT2D eigenvalue weighted by Gasteiger charge is -2.16. The van der Waals surface area contributed by atoms with Gasteiger partial charge in [-0.2, -0.15) is 5.26 Å². The number of halogens is 1. The molecule has 7 heteroatoms. The van der Waals surface area contributed by atoms with Gasteiger partial charge < -0.3 is 10.1 Å². The molecular formula is C32H24ClN3O2S. The molecule has 5 rings (SSSR count). The summed E-state index contributed by atoms with van der Waals surface area (Å²) in [4.78, 5) is 18.2. The number of carbonyl (C=O) groups excluding carboxylic acids is 1. The highest BCUT2D eigenvalue weighted by Gasteiger charge is 2.22. The second-order valence-electron chi connectivity index (χ2n) is 8.86. The first-order chi connectivity index (χ1) is 19.0. The Morgan fingerprint density at radius 2 is 1.67 bits per heavy atom. The van der Waals surface area contributed by atoms with E-state index in [4.69, 9.17) is 21.3 Å². The maximum Gasteiger partial charge on any atom is 0.237 e. The molecule has 0 bridgehead atoms. The van der Waals surface area contributed by atoms with Crippen molar-refractivity contribution in [2.24, 2.45) is 0 Å². The van der Waals surface area contributed by atoms with Gasteiger partial charge in [0.05, 0.1) is 23.6 Å². The Bertz CT molecular complexity index is 1690. The molecule has 0 saturated heterocycles. The monoisotopic (exact) mass is 549 g/mol. The van der Waals surface area contributed by atoms with Crippen LogP contribution in [0.4, 0.5) is 5.69 Å². The molecule has 0 unspecified atom stereocenters. The zero-order chi connectivity index (χ0) is 27.4. The van der Waals surface area contributed by atoms with Crippen molar-refractivity contribution in [3.05, 3.63) is 108 Å². The number of fused-ring (bicyclic) bond motifs is 1. The molecule has 0 saturated carbocycles. The number of methoxy groups -OCH3 is 1. The first kappa shape index (κ1) is 26.3. The number of aromatic nitrogens is 1. The van der Waals surface area contributed by atoms with Crippen LogP contribution in [-0.4, -0.2) is 23.3 Å². The van der Waals surface area contributed by atoms with Gasteiger partial charge in [0.25, 0.3) is 0 Å². The zero-order valence-corrected chi connectivity index (χ0v) is 22.9. The summed E-state index contributed by atoms with van der Waals surface area (Å²) >= 11 is 7.39. The third-order valence-corrected chi connectivity index (χ3v) is 7.68. The first-order valence-electron chi connectivity index (χ1n) is 12.3. The number of nitrogens with zero attached hydrogens (tertiary/aromatic N) is 2. The fraction of sp³-hybridized carbons (Fsp3) is 0.0938. The Kier molecular flexibility index (Phi) is 7.83. The van der Waals surface area contributed by atoms with Crippen LogP contribution in [0.25, 0.3) is 33.2 Å². The molecule has 39 heavy (non-hydrogen) atoms. The maximum atomic E-state index is 13.3. The molecule has 1 aromatic heterocycles. The minimum atomic E-state index is -0.521. The largest absolute Gasteiger partial charge is 0.497 e. The quantitative estimate of drug-likeness (QED) is 0.207. The molecule has 1 atom stereocenters. The molecule has 5 aromatic rings. The smallest absolute Gasteiger partial charge is 0.237 e. The van der Waals surface area contributed by atoms with Crippen LogP contribution in [0.3, 0.4) is 0 Å². The molecular weight excluding hydrogens is 526 g/mol. The lowest BCUT2D eigenvalue weighted by Crippen LogP contribution is -2.22. The molecule has 5 nitrogen and oxygen atoms in total. The molecule has 192 valence electrons. The van der Waals surface area contributed by atoms with Gasteiger partial charge in [0, 0.05) is 27.2 Å². The molecule has 1 amide bonds. The Hall–Kier alpha value is -4.31. The number of hydrogen-bond donors (Lipinski definition) is 1. The van der Waals surface area contributed by atoms with Gasteiger partial charge in [0.2, 0.25) is 5.91 Å². The molecule has 1 heterocycles. The third-order valence-electron chi connectivity index (χ3n) is 6.34. The lowest BCUT2D eigenvalue weighted by atomic mass is 9.99. The van der Waals surface area contributed by atoms with Gasteiger partial charge in [-0.05, 0) is 66.4 Å². The van der Waals surface area contributed by atoms with Crippen molar-refractivity contribution in [3.8, 4) is 34.2 Å². The molecule has 0 aliphatic heterocycles. The highest BCUT2D eigenvalue weighted by molar-refractivity contribution is 8.00. The summed E-state index contributed by atoms with van der Waals surface area (Å²) < 4.78 is 5.30. The van der Waals surface area contributed by atoms with E-state index in [9.17, 15) is 10.1 Å². The Labute approximate surface area is 236 Å². The SMILES string of the molecule is COc1ccc(-c2cc(-c3ccc(Cl)cc3)c(C#N)c(S[C@@H](C)C(=O)Nc3cccc4ccccc34)n2)cc1. The average Bonchev–Trinajstić information content (AvgIpc) is 2.97. The number of nitrogens with one attached hydrogen (secondary N) is 1. The van der Waals surface area contributed by atoms with Crippen LogP contribution in [-0.2, 0) is 4.79 Å². The van der Waals surface area contributed by atoms with Crippen molar-refractivity contribution < 1.29 is 9.53 Å². The van der Waals surface area contributed by atoms with Crippen LogP contribution in [0.1, 0.15) is 12.5 Å². The highest BCUT2D eigenvalue weighted by atomic mass is 35.5. The summed E-state index contributed by atoms with van der Waals surface area (Å²) in [7, 11) is 1.62. The van der Waals surface area contributed by atoms with Gasteiger partial charge in [-0.15, -0.1) is 0 Å². The van der Waals surface area contributed by atoms with Crippen LogP contribution in [0.5, 0.6) is 5.75 Å². The van der Waals surface area contributed by atoms with E-state index in [0.29, 0.717) is 21.3 Å². The van der Waals surface area contributed by atoms with Crippen molar-refractivity contribution in [3.63, 3.8) is 0 Å². The second-order valence-corrected chi connectivity index (χ2v) is 10.6. The molecule has 0 aliphatic rings. The molecule has 0 radical (unpaired) electrons. The maximum absolute atomic E-state index is 13.3. The van der Waals surface area contributed by atoms with Crippen molar-refractivity contribution in [1.82, 2.24) is 4.98 Å². The number of ether oxygens (including phenoxy) is 1. The minimum absolute atomic E-state index is 0.176. The average molecular weight is 550 g/mol. The normalized spacial score (nSPS) is 11.5. The number of nitriles is 1. The Balaban J connectivity index is 1.52. The summed E-state index contributed by atoms with van der Waals surface area (Å²) in [6, 6.07) is 32.8. The highest BCUT2D eigenvalue weighted by Crippen LogP contribution is 2.37. The van der Waals surface area contributed by atoms with E-state index in [1.54, 1.807) is 19.2 Å². The molecule has 1 N–H and O–H groups in total. The van der Waals surface area contributed by atoms with E-state index in [1.807, 2.05) is 91.9 Å². The molecule has 0 fully saturated rings. The second kappa shape index (κ2) is 11.6. The lowest BCUT2D eigenvalue weighted by molar-refractivity contribution is -0.115. The number of amides is 1. The van der Waals surface area contributed by atoms with E-state index >= 15 is 0 Å². The number of pyridine rings is 1.